The summed E-state index contributed by atoms with van der Waals surface area (Å²) in [5, 5.41) is 0. The number of amides is 1. The fourth-order valence-corrected chi connectivity index (χ4v) is 2.75. The van der Waals surface area contributed by atoms with E-state index in [2.05, 4.69) is 4.90 Å². The zero-order valence-corrected chi connectivity index (χ0v) is 12.5. The molecule has 2 N–H and O–H groups in total. The van der Waals surface area contributed by atoms with E-state index < -0.39 is 0 Å². The summed E-state index contributed by atoms with van der Waals surface area (Å²) in [6, 6.07) is 0. The molecule has 1 unspecified atom stereocenters. The van der Waals surface area contributed by atoms with Gasteiger partial charge in [-0.15, -0.1) is 0 Å². The number of hydrogen-bond donors (Lipinski definition) is 1. The number of rotatable bonds is 3. The lowest BCUT2D eigenvalue weighted by molar-refractivity contribution is -0.143. The van der Waals surface area contributed by atoms with E-state index >= 15 is 0 Å². The van der Waals surface area contributed by atoms with E-state index in [0.29, 0.717) is 11.6 Å². The number of nitrogens with two attached hydrogens (primary N) is 1. The van der Waals surface area contributed by atoms with E-state index in [-0.39, 0.29) is 17.6 Å². The fourth-order valence-electron chi connectivity index (χ4n) is 2.62. The first kappa shape index (κ1) is 14.7. The Morgan fingerprint density at radius 2 is 1.95 bits per heavy atom. The zero-order chi connectivity index (χ0) is 14.0. The lowest BCUT2D eigenvalue weighted by Crippen LogP contribution is -2.60. The first-order valence-electron chi connectivity index (χ1n) is 6.88. The van der Waals surface area contributed by atoms with Crippen LogP contribution < -0.4 is 5.73 Å². The van der Waals surface area contributed by atoms with Gasteiger partial charge in [0.25, 0.3) is 5.91 Å². The summed E-state index contributed by atoms with van der Waals surface area (Å²) in [4.78, 5) is 16.9. The number of hydrogen-bond acceptors (Lipinski definition) is 4. The normalized spacial score (nSPS) is 25.6. The van der Waals surface area contributed by atoms with E-state index in [1.54, 1.807) is 0 Å². The molecule has 19 heavy (non-hydrogen) atoms. The molecule has 2 aliphatic heterocycles. The SMILES string of the molecule is CC(C)(C(N)=S)N1CCN(C(=O)C2CCCO2)CC1. The first-order chi connectivity index (χ1) is 8.93. The Balaban J connectivity index is 1.88. The zero-order valence-electron chi connectivity index (χ0n) is 11.7. The number of thiocarbonyl (C=S) groups is 1. The van der Waals surface area contributed by atoms with Crippen molar-refractivity contribution in [2.45, 2.75) is 38.3 Å². The van der Waals surface area contributed by atoms with Crippen LogP contribution in [0.3, 0.4) is 0 Å². The van der Waals surface area contributed by atoms with Crippen molar-refractivity contribution in [2.75, 3.05) is 32.8 Å². The van der Waals surface area contributed by atoms with Gasteiger partial charge in [0.05, 0.1) is 10.5 Å². The van der Waals surface area contributed by atoms with Crippen LogP contribution in [0.25, 0.3) is 0 Å². The van der Waals surface area contributed by atoms with Crippen molar-refractivity contribution < 1.29 is 9.53 Å². The Morgan fingerprint density at radius 3 is 2.42 bits per heavy atom. The van der Waals surface area contributed by atoms with E-state index in [9.17, 15) is 4.79 Å². The number of ether oxygens (including phenoxy) is 1. The predicted octanol–water partition coefficient (Wildman–Crippen LogP) is 0.374. The van der Waals surface area contributed by atoms with Crippen LogP contribution in [0.2, 0.25) is 0 Å². The Bertz CT molecular complexity index is 359. The largest absolute Gasteiger partial charge is 0.392 e. The molecule has 5 nitrogen and oxygen atoms in total. The van der Waals surface area contributed by atoms with E-state index in [1.807, 2.05) is 18.7 Å². The van der Waals surface area contributed by atoms with Crippen molar-refractivity contribution in [3.05, 3.63) is 0 Å². The van der Waals surface area contributed by atoms with Crippen LogP contribution in [0, 0.1) is 0 Å². The second-order valence-corrected chi connectivity index (χ2v) is 6.18. The molecule has 0 aromatic rings. The number of piperazine rings is 1. The molecule has 2 aliphatic rings. The quantitative estimate of drug-likeness (QED) is 0.760. The van der Waals surface area contributed by atoms with Crippen LogP contribution >= 0.6 is 12.2 Å². The summed E-state index contributed by atoms with van der Waals surface area (Å²) < 4.78 is 5.45. The van der Waals surface area contributed by atoms with E-state index in [0.717, 1.165) is 39.0 Å². The van der Waals surface area contributed by atoms with Crippen LogP contribution in [0.5, 0.6) is 0 Å². The lowest BCUT2D eigenvalue weighted by Gasteiger charge is -2.43. The average Bonchev–Trinajstić information content (AvgIpc) is 2.91. The van der Waals surface area contributed by atoms with Gasteiger partial charge in [-0.25, -0.2) is 0 Å². The summed E-state index contributed by atoms with van der Waals surface area (Å²) in [6.07, 6.45) is 1.64. The molecule has 0 aliphatic carbocycles. The maximum absolute atomic E-state index is 12.2. The van der Waals surface area contributed by atoms with Gasteiger partial charge in [0.15, 0.2) is 0 Å². The molecule has 0 saturated carbocycles. The molecule has 2 rings (SSSR count). The number of nitrogens with zero attached hydrogens (tertiary/aromatic N) is 2. The van der Waals surface area contributed by atoms with Crippen LogP contribution in [0.4, 0.5) is 0 Å². The molecule has 1 amide bonds. The van der Waals surface area contributed by atoms with Gasteiger partial charge in [0, 0.05) is 32.8 Å². The molecule has 0 aromatic carbocycles. The second-order valence-electron chi connectivity index (χ2n) is 5.74. The smallest absolute Gasteiger partial charge is 0.251 e. The Morgan fingerprint density at radius 1 is 1.32 bits per heavy atom. The number of carbonyl (C=O) groups is 1. The monoisotopic (exact) mass is 285 g/mol. The summed E-state index contributed by atoms with van der Waals surface area (Å²) >= 11 is 5.12. The maximum atomic E-state index is 12.2. The van der Waals surface area contributed by atoms with E-state index in [4.69, 9.17) is 22.7 Å². The van der Waals surface area contributed by atoms with Gasteiger partial charge >= 0.3 is 0 Å². The molecule has 0 aromatic heterocycles. The molecule has 2 heterocycles. The molecule has 2 fully saturated rings. The number of carbonyl (C=O) groups excluding carboxylic acids is 1. The van der Waals surface area contributed by atoms with Gasteiger partial charge in [0.1, 0.15) is 6.10 Å². The molecular weight excluding hydrogens is 262 g/mol. The third-order valence-electron chi connectivity index (χ3n) is 4.19. The van der Waals surface area contributed by atoms with Crippen LogP contribution in [0.15, 0.2) is 0 Å². The topological polar surface area (TPSA) is 58.8 Å². The minimum Gasteiger partial charge on any atom is -0.392 e. The molecule has 0 bridgehead atoms. The molecule has 0 spiro atoms. The minimum absolute atomic E-state index is 0.144. The van der Waals surface area contributed by atoms with Gasteiger partial charge in [0.2, 0.25) is 0 Å². The summed E-state index contributed by atoms with van der Waals surface area (Å²) in [5.74, 6) is 0.144. The second kappa shape index (κ2) is 5.73. The van der Waals surface area contributed by atoms with Crippen molar-refractivity contribution in [3.8, 4) is 0 Å². The summed E-state index contributed by atoms with van der Waals surface area (Å²) in [6.45, 7) is 7.85. The maximum Gasteiger partial charge on any atom is 0.251 e. The van der Waals surface area contributed by atoms with Gasteiger partial charge in [-0.3, -0.25) is 9.69 Å². The lowest BCUT2D eigenvalue weighted by atomic mass is 10.0. The average molecular weight is 285 g/mol. The van der Waals surface area contributed by atoms with Crippen molar-refractivity contribution >= 4 is 23.1 Å². The molecule has 1 atom stereocenters. The molecular formula is C13H23N3O2S. The highest BCUT2D eigenvalue weighted by atomic mass is 32.1. The Labute approximate surface area is 120 Å². The van der Waals surface area contributed by atoms with Crippen molar-refractivity contribution in [2.24, 2.45) is 5.73 Å². The van der Waals surface area contributed by atoms with Crippen molar-refractivity contribution in [3.63, 3.8) is 0 Å². The minimum atomic E-state index is -0.283. The predicted molar refractivity (Wildman–Crippen MR) is 78.0 cm³/mol. The Hall–Kier alpha value is -0.720. The highest BCUT2D eigenvalue weighted by Crippen LogP contribution is 2.20. The van der Waals surface area contributed by atoms with Crippen molar-refractivity contribution in [1.29, 1.82) is 0 Å². The molecule has 0 radical (unpaired) electrons. The van der Waals surface area contributed by atoms with Crippen LogP contribution in [-0.4, -0.2) is 65.1 Å². The summed E-state index contributed by atoms with van der Waals surface area (Å²) in [5.41, 5.74) is 5.50. The van der Waals surface area contributed by atoms with Crippen LogP contribution in [-0.2, 0) is 9.53 Å². The van der Waals surface area contributed by atoms with Gasteiger partial charge in [-0.2, -0.15) is 0 Å². The van der Waals surface area contributed by atoms with Crippen LogP contribution in [0.1, 0.15) is 26.7 Å². The van der Waals surface area contributed by atoms with Gasteiger partial charge < -0.3 is 15.4 Å². The third kappa shape index (κ3) is 3.07. The highest BCUT2D eigenvalue weighted by molar-refractivity contribution is 7.80. The highest BCUT2D eigenvalue weighted by Gasteiger charge is 2.35. The summed E-state index contributed by atoms with van der Waals surface area (Å²) in [7, 11) is 0. The molecule has 2 saturated heterocycles. The third-order valence-corrected chi connectivity index (χ3v) is 4.69. The van der Waals surface area contributed by atoms with Crippen molar-refractivity contribution in [1.82, 2.24) is 9.80 Å². The molecule has 108 valence electrons. The van der Waals surface area contributed by atoms with Gasteiger partial charge in [-0.05, 0) is 26.7 Å². The molecule has 6 heteroatoms. The standard InChI is InChI=1S/C13H23N3O2S/c1-13(2,12(14)19)16-7-5-15(6-8-16)11(17)10-4-3-9-18-10/h10H,3-9H2,1-2H3,(H2,14,19). The van der Waals surface area contributed by atoms with Gasteiger partial charge in [-0.1, -0.05) is 12.2 Å². The fraction of sp³-hybridized carbons (Fsp3) is 0.846. The Kier molecular flexibility index (Phi) is 4.43. The first-order valence-corrected chi connectivity index (χ1v) is 7.29. The van der Waals surface area contributed by atoms with E-state index in [1.165, 1.54) is 0 Å².